The van der Waals surface area contributed by atoms with Crippen LogP contribution in [0.5, 0.6) is 0 Å². The maximum absolute atomic E-state index is 11.7. The quantitative estimate of drug-likeness (QED) is 0.470. The number of nitrogens with zero attached hydrogens (tertiary/aromatic N) is 3. The molecule has 9 nitrogen and oxygen atoms in total. The van der Waals surface area contributed by atoms with Crippen LogP contribution in [0.4, 0.5) is 5.95 Å². The number of anilines is 1. The topological polar surface area (TPSA) is 136 Å². The average Bonchev–Trinajstić information content (AvgIpc) is 2.75. The molecule has 0 saturated heterocycles. The van der Waals surface area contributed by atoms with Crippen molar-refractivity contribution in [2.24, 2.45) is 0 Å². The number of aromatic nitrogens is 4. The lowest BCUT2D eigenvalue weighted by molar-refractivity contribution is -0.137. The van der Waals surface area contributed by atoms with Crippen LogP contribution >= 0.6 is 11.8 Å². The van der Waals surface area contributed by atoms with Gasteiger partial charge in [0.15, 0.2) is 16.3 Å². The summed E-state index contributed by atoms with van der Waals surface area (Å²) in [6.45, 7) is 0.0293. The van der Waals surface area contributed by atoms with E-state index in [0.717, 1.165) is 11.8 Å². The van der Waals surface area contributed by atoms with Gasteiger partial charge >= 0.3 is 5.97 Å². The van der Waals surface area contributed by atoms with Crippen LogP contribution < -0.4 is 11.3 Å². The van der Waals surface area contributed by atoms with Crippen LogP contribution in [-0.2, 0) is 16.1 Å². The number of nitrogens with two attached hydrogens (primary N) is 1. The van der Waals surface area contributed by atoms with Gasteiger partial charge in [-0.05, 0) is 0 Å². The number of carbonyl (C=O) groups excluding carboxylic acids is 1. The lowest BCUT2D eigenvalue weighted by Crippen LogP contribution is -2.13. The number of imidazole rings is 1. The molecule has 0 fully saturated rings. The van der Waals surface area contributed by atoms with Gasteiger partial charge in [0, 0.05) is 6.54 Å². The maximum Gasteiger partial charge on any atom is 0.316 e. The first kappa shape index (κ1) is 14.3. The minimum Gasteiger partial charge on any atom is -0.468 e. The van der Waals surface area contributed by atoms with Crippen molar-refractivity contribution in [3.8, 4) is 0 Å². The van der Waals surface area contributed by atoms with Gasteiger partial charge in [0.25, 0.3) is 5.56 Å². The van der Waals surface area contributed by atoms with E-state index in [9.17, 15) is 9.59 Å². The number of nitrogens with one attached hydrogen (secondary N) is 1. The highest BCUT2D eigenvalue weighted by Crippen LogP contribution is 2.21. The Morgan fingerprint density at radius 3 is 2.95 bits per heavy atom. The van der Waals surface area contributed by atoms with Crippen molar-refractivity contribution < 1.29 is 14.6 Å². The summed E-state index contributed by atoms with van der Waals surface area (Å²) < 4.78 is 6.08. The average molecular weight is 299 g/mol. The van der Waals surface area contributed by atoms with E-state index in [1.807, 2.05) is 0 Å². The molecule has 0 aliphatic carbocycles. The summed E-state index contributed by atoms with van der Waals surface area (Å²) in [5.74, 6) is -0.413. The monoisotopic (exact) mass is 299 g/mol. The van der Waals surface area contributed by atoms with Gasteiger partial charge in [0.2, 0.25) is 5.95 Å². The number of hydrogen-bond acceptors (Lipinski definition) is 8. The van der Waals surface area contributed by atoms with Gasteiger partial charge in [-0.2, -0.15) is 4.98 Å². The zero-order chi connectivity index (χ0) is 14.7. The van der Waals surface area contributed by atoms with E-state index in [4.69, 9.17) is 10.8 Å². The first-order valence-corrected chi connectivity index (χ1v) is 6.62. The van der Waals surface area contributed by atoms with Crippen molar-refractivity contribution in [2.45, 2.75) is 11.7 Å². The van der Waals surface area contributed by atoms with Gasteiger partial charge in [-0.1, -0.05) is 11.8 Å². The lowest BCUT2D eigenvalue weighted by atomic mass is 10.5. The number of methoxy groups -OCH3 is 1. The van der Waals surface area contributed by atoms with Gasteiger partial charge in [0.05, 0.1) is 19.5 Å². The third-order valence-corrected chi connectivity index (χ3v) is 3.41. The van der Waals surface area contributed by atoms with Gasteiger partial charge in [-0.25, -0.2) is 4.98 Å². The molecular formula is C10H13N5O4S. The minimum atomic E-state index is -0.468. The number of esters is 1. The Morgan fingerprint density at radius 2 is 2.30 bits per heavy atom. The van der Waals surface area contributed by atoms with E-state index < -0.39 is 11.5 Å². The van der Waals surface area contributed by atoms with Gasteiger partial charge in [0.1, 0.15) is 0 Å². The molecule has 2 aromatic heterocycles. The van der Waals surface area contributed by atoms with Crippen molar-refractivity contribution >= 4 is 34.8 Å². The van der Waals surface area contributed by atoms with Crippen LogP contribution in [0.15, 0.2) is 9.95 Å². The van der Waals surface area contributed by atoms with Crippen LogP contribution in [0.1, 0.15) is 0 Å². The fourth-order valence-corrected chi connectivity index (χ4v) is 2.46. The Labute approximate surface area is 117 Å². The van der Waals surface area contributed by atoms with Crippen molar-refractivity contribution in [1.82, 2.24) is 19.5 Å². The lowest BCUT2D eigenvalue weighted by Gasteiger charge is -2.05. The van der Waals surface area contributed by atoms with Crippen LogP contribution in [0, 0.1) is 0 Å². The largest absolute Gasteiger partial charge is 0.468 e. The first-order chi connectivity index (χ1) is 9.56. The normalized spacial score (nSPS) is 10.9. The van der Waals surface area contributed by atoms with E-state index >= 15 is 0 Å². The molecule has 10 heteroatoms. The Kier molecular flexibility index (Phi) is 4.25. The van der Waals surface area contributed by atoms with Crippen molar-refractivity contribution in [2.75, 3.05) is 25.2 Å². The smallest absolute Gasteiger partial charge is 0.316 e. The molecule has 0 aromatic carbocycles. The number of aromatic amines is 1. The van der Waals surface area contributed by atoms with E-state index in [1.54, 1.807) is 0 Å². The maximum atomic E-state index is 11.7. The van der Waals surface area contributed by atoms with Crippen LogP contribution in [-0.4, -0.2) is 50.1 Å². The second kappa shape index (κ2) is 5.92. The summed E-state index contributed by atoms with van der Waals surface area (Å²) in [6.07, 6.45) is 0. The van der Waals surface area contributed by atoms with E-state index in [0.29, 0.717) is 5.16 Å². The molecule has 2 heterocycles. The van der Waals surface area contributed by atoms with E-state index in [-0.39, 0.29) is 36.0 Å². The fourth-order valence-electron chi connectivity index (χ4n) is 1.60. The SMILES string of the molecule is COC(=O)CSc1nc2c(=O)[nH]c(N)nc2n1CCO. The molecule has 4 N–H and O–H groups in total. The van der Waals surface area contributed by atoms with Crippen LogP contribution in [0.2, 0.25) is 0 Å². The number of ether oxygens (including phenoxy) is 1. The van der Waals surface area contributed by atoms with E-state index in [1.165, 1.54) is 11.7 Å². The van der Waals surface area contributed by atoms with Crippen molar-refractivity contribution in [3.63, 3.8) is 0 Å². The zero-order valence-electron chi connectivity index (χ0n) is 10.6. The number of carbonyl (C=O) groups is 1. The third kappa shape index (κ3) is 2.75. The van der Waals surface area contributed by atoms with Gasteiger partial charge < -0.3 is 20.1 Å². The Balaban J connectivity index is 2.47. The molecule has 108 valence electrons. The number of nitrogen functional groups attached to an aromatic ring is 1. The summed E-state index contributed by atoms with van der Waals surface area (Å²) in [5, 5.41) is 9.48. The molecule has 0 bridgehead atoms. The number of rotatable bonds is 5. The molecule has 2 rings (SSSR count). The molecule has 20 heavy (non-hydrogen) atoms. The Bertz CT molecular complexity index is 695. The summed E-state index contributed by atoms with van der Waals surface area (Å²) in [5.41, 5.74) is 5.41. The first-order valence-electron chi connectivity index (χ1n) is 5.63. The fraction of sp³-hybridized carbons (Fsp3) is 0.400. The summed E-state index contributed by atoms with van der Waals surface area (Å²) in [4.78, 5) is 33.4. The molecule has 0 unspecified atom stereocenters. The number of H-pyrrole nitrogens is 1. The number of fused-ring (bicyclic) bond motifs is 1. The molecule has 0 spiro atoms. The molecule has 0 aliphatic rings. The van der Waals surface area contributed by atoms with Crippen molar-refractivity contribution in [3.05, 3.63) is 10.4 Å². The van der Waals surface area contributed by atoms with E-state index in [2.05, 4.69) is 19.7 Å². The number of hydrogen-bond donors (Lipinski definition) is 3. The predicted octanol–water partition coefficient (Wildman–Crippen LogP) is -1.04. The third-order valence-electron chi connectivity index (χ3n) is 2.46. The zero-order valence-corrected chi connectivity index (χ0v) is 11.4. The Morgan fingerprint density at radius 1 is 1.55 bits per heavy atom. The highest BCUT2D eigenvalue weighted by molar-refractivity contribution is 7.99. The molecule has 2 aromatic rings. The molecular weight excluding hydrogens is 286 g/mol. The molecule has 0 aliphatic heterocycles. The standard InChI is InChI=1S/C10H13N5O4S/c1-19-5(17)4-20-10-12-6-7(15(10)2-3-16)13-9(11)14-8(6)18/h16H,2-4H2,1H3,(H3,11,13,14,18). The van der Waals surface area contributed by atoms with Crippen LogP contribution in [0.3, 0.4) is 0 Å². The van der Waals surface area contributed by atoms with Gasteiger partial charge in [-0.15, -0.1) is 0 Å². The number of aliphatic hydroxyl groups excluding tert-OH is 1. The number of aliphatic hydroxyl groups is 1. The molecule has 0 atom stereocenters. The summed E-state index contributed by atoms with van der Waals surface area (Å²) >= 11 is 1.09. The van der Waals surface area contributed by atoms with Crippen molar-refractivity contribution in [1.29, 1.82) is 0 Å². The molecule has 0 saturated carbocycles. The molecule has 0 radical (unpaired) electrons. The number of thioether (sulfide) groups is 1. The van der Waals surface area contributed by atoms with Gasteiger partial charge in [-0.3, -0.25) is 14.6 Å². The highest BCUT2D eigenvalue weighted by Gasteiger charge is 2.16. The second-order valence-electron chi connectivity index (χ2n) is 3.76. The van der Waals surface area contributed by atoms with Crippen LogP contribution in [0.25, 0.3) is 11.2 Å². The summed E-state index contributed by atoms with van der Waals surface area (Å²) in [7, 11) is 1.28. The summed E-state index contributed by atoms with van der Waals surface area (Å²) in [6, 6.07) is 0. The minimum absolute atomic E-state index is 0.0360. The molecule has 0 amide bonds. The predicted molar refractivity (Wildman–Crippen MR) is 72.4 cm³/mol. The highest BCUT2D eigenvalue weighted by atomic mass is 32.2. The second-order valence-corrected chi connectivity index (χ2v) is 4.70. The Hall–Kier alpha value is -2.07.